The number of aromatic nitrogens is 5. The summed E-state index contributed by atoms with van der Waals surface area (Å²) in [6, 6.07) is 5.04. The van der Waals surface area contributed by atoms with Gasteiger partial charge in [0.05, 0.1) is 0 Å². The molecule has 2 aromatic rings. The summed E-state index contributed by atoms with van der Waals surface area (Å²) < 4.78 is 1.35. The maximum absolute atomic E-state index is 8.50. The number of hydrogen-bond donors (Lipinski definition) is 1. The van der Waals surface area contributed by atoms with E-state index in [-0.39, 0.29) is 5.82 Å². The maximum atomic E-state index is 8.50. The highest BCUT2D eigenvalue weighted by Gasteiger charge is 2.02. The Hall–Kier alpha value is -2.49. The first-order chi connectivity index (χ1) is 6.79. The average Bonchev–Trinajstić information content (AvgIpc) is 2.67. The van der Waals surface area contributed by atoms with Gasteiger partial charge in [-0.1, -0.05) is 0 Å². The van der Waals surface area contributed by atoms with Gasteiger partial charge in [0.2, 0.25) is 0 Å². The summed E-state index contributed by atoms with van der Waals surface area (Å²) >= 11 is 0. The maximum Gasteiger partial charge on any atom is 0.252 e. The van der Waals surface area contributed by atoms with Crippen molar-refractivity contribution in [3.05, 3.63) is 24.3 Å². The van der Waals surface area contributed by atoms with Gasteiger partial charge in [-0.05, 0) is 12.1 Å². The second-order valence-electron chi connectivity index (χ2n) is 2.44. The number of nitriles is 1. The largest absolute Gasteiger partial charge is 0.382 e. The Kier molecular flexibility index (Phi) is 1.80. The van der Waals surface area contributed by atoms with Crippen LogP contribution in [0.5, 0.6) is 0 Å². The number of anilines is 1. The highest BCUT2D eigenvalue weighted by Crippen LogP contribution is 2.02. The van der Waals surface area contributed by atoms with Crippen LogP contribution in [-0.4, -0.2) is 25.0 Å². The molecule has 0 bridgehead atoms. The zero-order valence-corrected chi connectivity index (χ0v) is 6.99. The number of nitrogen functional groups attached to an aromatic ring is 1. The fourth-order valence-corrected chi connectivity index (χ4v) is 0.882. The van der Waals surface area contributed by atoms with Crippen LogP contribution in [-0.2, 0) is 0 Å². The third-order valence-corrected chi connectivity index (χ3v) is 1.50. The van der Waals surface area contributed by atoms with Crippen molar-refractivity contribution < 1.29 is 0 Å². The first kappa shape index (κ1) is 8.12. The fourth-order valence-electron chi connectivity index (χ4n) is 0.882. The Morgan fingerprint density at radius 3 is 2.79 bits per heavy atom. The van der Waals surface area contributed by atoms with E-state index in [0.717, 1.165) is 0 Å². The van der Waals surface area contributed by atoms with E-state index in [1.54, 1.807) is 12.1 Å². The van der Waals surface area contributed by atoms with E-state index in [9.17, 15) is 0 Å². The van der Waals surface area contributed by atoms with Gasteiger partial charge in [0.1, 0.15) is 18.2 Å². The van der Waals surface area contributed by atoms with E-state index in [1.165, 1.54) is 11.0 Å². The molecule has 0 atom stereocenters. The zero-order chi connectivity index (χ0) is 9.97. The normalized spacial score (nSPS) is 9.64. The highest BCUT2D eigenvalue weighted by molar-refractivity contribution is 5.30. The van der Waals surface area contributed by atoms with E-state index >= 15 is 0 Å². The number of nitrogens with zero attached hydrogens (tertiary/aromatic N) is 6. The lowest BCUT2D eigenvalue weighted by Crippen LogP contribution is -2.01. The molecule has 0 spiro atoms. The van der Waals surface area contributed by atoms with Gasteiger partial charge in [0.15, 0.2) is 5.82 Å². The second-order valence-corrected chi connectivity index (χ2v) is 2.44. The van der Waals surface area contributed by atoms with Gasteiger partial charge in [0, 0.05) is 0 Å². The summed E-state index contributed by atoms with van der Waals surface area (Å²) in [5, 5.41) is 19.7. The molecule has 7 heteroatoms. The van der Waals surface area contributed by atoms with Crippen molar-refractivity contribution in [2.75, 3.05) is 5.73 Å². The Bertz CT molecular complexity index is 477. The Labute approximate surface area is 78.8 Å². The lowest BCUT2D eigenvalue weighted by Gasteiger charge is -1.96. The van der Waals surface area contributed by atoms with Crippen LogP contribution in [0.1, 0.15) is 5.82 Å². The van der Waals surface area contributed by atoms with Crippen molar-refractivity contribution in [1.29, 1.82) is 5.26 Å². The molecule has 0 amide bonds. The van der Waals surface area contributed by atoms with Gasteiger partial charge in [-0.15, -0.1) is 15.3 Å². The van der Waals surface area contributed by atoms with Crippen molar-refractivity contribution >= 4 is 5.82 Å². The molecule has 14 heavy (non-hydrogen) atoms. The van der Waals surface area contributed by atoms with Crippen molar-refractivity contribution in [3.8, 4) is 11.9 Å². The first-order valence-corrected chi connectivity index (χ1v) is 3.71. The van der Waals surface area contributed by atoms with Gasteiger partial charge in [-0.3, -0.25) is 0 Å². The predicted molar refractivity (Wildman–Crippen MR) is 46.1 cm³/mol. The lowest BCUT2D eigenvalue weighted by atomic mass is 10.5. The van der Waals surface area contributed by atoms with Crippen molar-refractivity contribution in [2.24, 2.45) is 0 Å². The standard InChI is InChI=1S/C7H5N7/c8-3-6-10-4-14(13-6)7-2-1-5(9)11-12-7/h1-2,4H,(H2,9,11). The van der Waals surface area contributed by atoms with E-state index < -0.39 is 0 Å². The molecule has 0 aliphatic rings. The number of rotatable bonds is 1. The minimum atomic E-state index is 0.0867. The molecular weight excluding hydrogens is 182 g/mol. The van der Waals surface area contributed by atoms with Gasteiger partial charge >= 0.3 is 0 Å². The third kappa shape index (κ3) is 1.36. The molecule has 0 aliphatic heterocycles. The molecule has 68 valence electrons. The number of hydrogen-bond acceptors (Lipinski definition) is 6. The molecule has 0 aromatic carbocycles. The SMILES string of the molecule is N#Cc1ncn(-c2ccc(N)nn2)n1. The van der Waals surface area contributed by atoms with Crippen LogP contribution in [0.15, 0.2) is 18.5 Å². The summed E-state index contributed by atoms with van der Waals surface area (Å²) in [5.74, 6) is 0.881. The smallest absolute Gasteiger partial charge is 0.252 e. The predicted octanol–water partition coefficient (Wildman–Crippen LogP) is -0.489. The summed E-state index contributed by atoms with van der Waals surface area (Å²) in [7, 11) is 0. The molecule has 2 heterocycles. The van der Waals surface area contributed by atoms with Crippen LogP contribution in [0.3, 0.4) is 0 Å². The van der Waals surface area contributed by atoms with E-state index in [0.29, 0.717) is 11.6 Å². The lowest BCUT2D eigenvalue weighted by molar-refractivity contribution is 0.811. The molecule has 0 unspecified atom stereocenters. The highest BCUT2D eigenvalue weighted by atomic mass is 15.4. The molecule has 0 radical (unpaired) electrons. The van der Waals surface area contributed by atoms with E-state index in [1.807, 2.05) is 6.07 Å². The molecule has 7 nitrogen and oxygen atoms in total. The Morgan fingerprint density at radius 2 is 2.21 bits per heavy atom. The van der Waals surface area contributed by atoms with Crippen LogP contribution in [0.2, 0.25) is 0 Å². The second kappa shape index (κ2) is 3.10. The molecule has 2 rings (SSSR count). The van der Waals surface area contributed by atoms with E-state index in [4.69, 9.17) is 11.0 Å². The van der Waals surface area contributed by atoms with Gasteiger partial charge in [0.25, 0.3) is 5.82 Å². The molecule has 2 N–H and O–H groups in total. The molecule has 0 saturated heterocycles. The summed E-state index contributed by atoms with van der Waals surface area (Å²) in [5.41, 5.74) is 5.36. The minimum absolute atomic E-state index is 0.0867. The molecule has 0 fully saturated rings. The monoisotopic (exact) mass is 187 g/mol. The van der Waals surface area contributed by atoms with Crippen LogP contribution < -0.4 is 5.73 Å². The van der Waals surface area contributed by atoms with E-state index in [2.05, 4.69) is 20.3 Å². The third-order valence-electron chi connectivity index (χ3n) is 1.50. The zero-order valence-electron chi connectivity index (χ0n) is 6.99. The number of nitrogens with two attached hydrogens (primary N) is 1. The minimum Gasteiger partial charge on any atom is -0.382 e. The van der Waals surface area contributed by atoms with Crippen LogP contribution in [0.4, 0.5) is 5.82 Å². The molecule has 0 aliphatic carbocycles. The molecular formula is C7H5N7. The Morgan fingerprint density at radius 1 is 1.36 bits per heavy atom. The van der Waals surface area contributed by atoms with Gasteiger partial charge < -0.3 is 5.73 Å². The quantitative estimate of drug-likeness (QED) is 0.645. The van der Waals surface area contributed by atoms with Gasteiger partial charge in [-0.2, -0.15) is 9.94 Å². The molecule has 2 aromatic heterocycles. The Balaban J connectivity index is 2.40. The van der Waals surface area contributed by atoms with Crippen molar-refractivity contribution in [3.63, 3.8) is 0 Å². The molecule has 0 saturated carbocycles. The summed E-state index contributed by atoms with van der Waals surface area (Å²) in [6.07, 6.45) is 1.39. The summed E-state index contributed by atoms with van der Waals surface area (Å²) in [6.45, 7) is 0. The fraction of sp³-hybridized carbons (Fsp3) is 0. The van der Waals surface area contributed by atoms with Crippen LogP contribution >= 0.6 is 0 Å². The van der Waals surface area contributed by atoms with Crippen LogP contribution in [0, 0.1) is 11.3 Å². The van der Waals surface area contributed by atoms with Crippen molar-refractivity contribution in [1.82, 2.24) is 25.0 Å². The topological polar surface area (TPSA) is 106 Å². The average molecular weight is 187 g/mol. The first-order valence-electron chi connectivity index (χ1n) is 3.71. The van der Waals surface area contributed by atoms with Crippen LogP contribution in [0.25, 0.3) is 5.82 Å². The van der Waals surface area contributed by atoms with Crippen molar-refractivity contribution in [2.45, 2.75) is 0 Å². The van der Waals surface area contributed by atoms with Gasteiger partial charge in [-0.25, -0.2) is 4.98 Å². The summed E-state index contributed by atoms with van der Waals surface area (Å²) in [4.78, 5) is 3.73.